The molecular formula is C20H32N6O3. The van der Waals surface area contributed by atoms with Crippen LogP contribution in [0.1, 0.15) is 39.2 Å². The van der Waals surface area contributed by atoms with Crippen LogP contribution in [0.15, 0.2) is 35.3 Å². The van der Waals surface area contributed by atoms with Gasteiger partial charge in [-0.3, -0.25) is 19.4 Å². The average Bonchev–Trinajstić information content (AvgIpc) is 2.63. The molecule has 0 saturated heterocycles. The van der Waals surface area contributed by atoms with Gasteiger partial charge in [-0.05, 0) is 38.7 Å². The van der Waals surface area contributed by atoms with E-state index >= 15 is 0 Å². The predicted molar refractivity (Wildman–Crippen MR) is 113 cm³/mol. The summed E-state index contributed by atoms with van der Waals surface area (Å²) in [6, 6.07) is 8.19. The van der Waals surface area contributed by atoms with E-state index in [-0.39, 0.29) is 23.8 Å². The van der Waals surface area contributed by atoms with E-state index < -0.39 is 18.0 Å². The lowest BCUT2D eigenvalue weighted by Crippen LogP contribution is -2.53. The number of nitrogens with two attached hydrogens (primary N) is 2. The number of hydrogen-bond donors (Lipinski definition) is 5. The van der Waals surface area contributed by atoms with Gasteiger partial charge in [-0.2, -0.15) is 0 Å². The Morgan fingerprint density at radius 3 is 2.24 bits per heavy atom. The Balaban J connectivity index is 2.71. The van der Waals surface area contributed by atoms with E-state index in [0.717, 1.165) is 5.56 Å². The summed E-state index contributed by atoms with van der Waals surface area (Å²) in [4.78, 5) is 40.2. The van der Waals surface area contributed by atoms with Crippen molar-refractivity contribution in [1.29, 1.82) is 0 Å². The molecule has 9 nitrogen and oxygen atoms in total. The van der Waals surface area contributed by atoms with Gasteiger partial charge in [0.25, 0.3) is 0 Å². The zero-order valence-corrected chi connectivity index (χ0v) is 17.3. The first-order valence-corrected chi connectivity index (χ1v) is 9.66. The maximum Gasteiger partial charge on any atom is 0.242 e. The standard InChI is InChI=1S/C20H32N6O3/c1-13(12-16-8-5-4-6-9-16)24-19(29)17(10-7-11-23-20(21)22)26-18(28)14(2)25-15(3)27/h4-6,8-9,13-14,17H,7,10-12H2,1-3H3,(H,24,29)(H,25,27)(H,26,28)(H4,21,22,23)/t13-,14-,17-/m0/s1. The molecule has 160 valence electrons. The van der Waals surface area contributed by atoms with Gasteiger partial charge in [0, 0.05) is 19.5 Å². The van der Waals surface area contributed by atoms with E-state index in [9.17, 15) is 14.4 Å². The van der Waals surface area contributed by atoms with Crippen LogP contribution in [0.25, 0.3) is 0 Å². The summed E-state index contributed by atoms with van der Waals surface area (Å²) >= 11 is 0. The lowest BCUT2D eigenvalue weighted by Gasteiger charge is -2.23. The van der Waals surface area contributed by atoms with Gasteiger partial charge in [0.05, 0.1) is 0 Å². The third-order valence-corrected chi connectivity index (χ3v) is 4.16. The zero-order chi connectivity index (χ0) is 21.8. The molecule has 0 bridgehead atoms. The van der Waals surface area contributed by atoms with Crippen LogP contribution < -0.4 is 27.4 Å². The van der Waals surface area contributed by atoms with E-state index in [2.05, 4.69) is 20.9 Å². The number of aliphatic imine (C=N–C) groups is 1. The van der Waals surface area contributed by atoms with Gasteiger partial charge in [-0.15, -0.1) is 0 Å². The molecule has 0 saturated carbocycles. The number of amides is 3. The number of carbonyl (C=O) groups is 3. The molecule has 1 aromatic carbocycles. The second-order valence-electron chi connectivity index (χ2n) is 7.03. The van der Waals surface area contributed by atoms with E-state index in [0.29, 0.717) is 25.8 Å². The summed E-state index contributed by atoms with van der Waals surface area (Å²) in [5.41, 5.74) is 11.7. The molecule has 1 aromatic rings. The normalized spacial score (nSPS) is 13.5. The van der Waals surface area contributed by atoms with Crippen molar-refractivity contribution in [3.63, 3.8) is 0 Å². The second kappa shape index (κ2) is 12.4. The fraction of sp³-hybridized carbons (Fsp3) is 0.500. The molecule has 7 N–H and O–H groups in total. The number of nitrogens with zero attached hydrogens (tertiary/aromatic N) is 1. The van der Waals surface area contributed by atoms with Crippen molar-refractivity contribution in [2.24, 2.45) is 16.5 Å². The largest absolute Gasteiger partial charge is 0.370 e. The topological polar surface area (TPSA) is 152 Å². The van der Waals surface area contributed by atoms with Crippen LogP contribution in [-0.4, -0.2) is 48.4 Å². The van der Waals surface area contributed by atoms with Gasteiger partial charge in [-0.1, -0.05) is 30.3 Å². The molecule has 3 amide bonds. The van der Waals surface area contributed by atoms with Crippen molar-refractivity contribution in [3.8, 4) is 0 Å². The molecule has 0 spiro atoms. The summed E-state index contributed by atoms with van der Waals surface area (Å²) in [5, 5.41) is 8.14. The predicted octanol–water partition coefficient (Wildman–Crippen LogP) is -0.203. The molecule has 1 rings (SSSR count). The van der Waals surface area contributed by atoms with Crippen molar-refractivity contribution in [1.82, 2.24) is 16.0 Å². The number of hydrogen-bond acceptors (Lipinski definition) is 4. The summed E-state index contributed by atoms with van der Waals surface area (Å²) in [6.45, 7) is 5.14. The van der Waals surface area contributed by atoms with E-state index in [1.54, 1.807) is 6.92 Å². The molecular weight excluding hydrogens is 372 g/mol. The molecule has 0 radical (unpaired) electrons. The molecule has 0 aliphatic rings. The summed E-state index contributed by atoms with van der Waals surface area (Å²) in [6.07, 6.45) is 1.54. The van der Waals surface area contributed by atoms with Crippen LogP contribution in [0.5, 0.6) is 0 Å². The molecule has 3 atom stereocenters. The van der Waals surface area contributed by atoms with Crippen LogP contribution in [0.3, 0.4) is 0 Å². The molecule has 0 heterocycles. The molecule has 0 aromatic heterocycles. The van der Waals surface area contributed by atoms with Gasteiger partial charge < -0.3 is 27.4 Å². The molecule has 0 aliphatic heterocycles. The van der Waals surface area contributed by atoms with Crippen LogP contribution in [0.4, 0.5) is 0 Å². The van der Waals surface area contributed by atoms with Crippen LogP contribution >= 0.6 is 0 Å². The Kier molecular flexibility index (Phi) is 10.2. The minimum absolute atomic E-state index is 0.0224. The lowest BCUT2D eigenvalue weighted by molar-refractivity contribution is -0.131. The van der Waals surface area contributed by atoms with Crippen LogP contribution in [0, 0.1) is 0 Å². The van der Waals surface area contributed by atoms with Gasteiger partial charge in [0.15, 0.2) is 5.96 Å². The van der Waals surface area contributed by atoms with Crippen molar-refractivity contribution in [2.45, 2.75) is 58.2 Å². The Morgan fingerprint density at radius 1 is 1.00 bits per heavy atom. The minimum atomic E-state index is -0.758. The highest BCUT2D eigenvalue weighted by atomic mass is 16.2. The number of guanidine groups is 1. The number of rotatable bonds is 11. The number of carbonyl (C=O) groups excluding carboxylic acids is 3. The maximum atomic E-state index is 12.8. The molecule has 0 aliphatic carbocycles. The first-order valence-electron chi connectivity index (χ1n) is 9.66. The van der Waals surface area contributed by atoms with Gasteiger partial charge >= 0.3 is 0 Å². The minimum Gasteiger partial charge on any atom is -0.370 e. The second-order valence-corrected chi connectivity index (χ2v) is 7.03. The van der Waals surface area contributed by atoms with E-state index in [4.69, 9.17) is 11.5 Å². The quantitative estimate of drug-likeness (QED) is 0.196. The highest BCUT2D eigenvalue weighted by molar-refractivity contribution is 5.91. The molecule has 0 fully saturated rings. The Hall–Kier alpha value is -3.10. The number of benzene rings is 1. The maximum absolute atomic E-state index is 12.8. The van der Waals surface area contributed by atoms with Crippen LogP contribution in [-0.2, 0) is 20.8 Å². The number of nitrogens with one attached hydrogen (secondary N) is 3. The fourth-order valence-corrected chi connectivity index (χ4v) is 2.80. The van der Waals surface area contributed by atoms with Crippen molar-refractivity contribution >= 4 is 23.7 Å². The van der Waals surface area contributed by atoms with Crippen molar-refractivity contribution in [3.05, 3.63) is 35.9 Å². The van der Waals surface area contributed by atoms with Crippen LogP contribution in [0.2, 0.25) is 0 Å². The summed E-state index contributed by atoms with van der Waals surface area (Å²) in [5.74, 6) is -1.07. The SMILES string of the molecule is CC(=O)N[C@@H](C)C(=O)N[C@@H](CCCN=C(N)N)C(=O)N[C@@H](C)Cc1ccccc1. The Morgan fingerprint density at radius 2 is 1.66 bits per heavy atom. The first-order chi connectivity index (χ1) is 13.7. The van der Waals surface area contributed by atoms with Gasteiger partial charge in [0.1, 0.15) is 12.1 Å². The Bertz CT molecular complexity index is 703. The summed E-state index contributed by atoms with van der Waals surface area (Å²) in [7, 11) is 0. The molecule has 0 unspecified atom stereocenters. The smallest absolute Gasteiger partial charge is 0.242 e. The Labute approximate surface area is 171 Å². The lowest BCUT2D eigenvalue weighted by atomic mass is 10.1. The molecule has 29 heavy (non-hydrogen) atoms. The third kappa shape index (κ3) is 10.1. The average molecular weight is 405 g/mol. The zero-order valence-electron chi connectivity index (χ0n) is 17.3. The van der Waals surface area contributed by atoms with E-state index in [1.165, 1.54) is 6.92 Å². The van der Waals surface area contributed by atoms with Gasteiger partial charge in [0.2, 0.25) is 17.7 Å². The molecule has 9 heteroatoms. The third-order valence-electron chi connectivity index (χ3n) is 4.16. The van der Waals surface area contributed by atoms with E-state index in [1.807, 2.05) is 37.3 Å². The fourth-order valence-electron chi connectivity index (χ4n) is 2.80. The summed E-state index contributed by atoms with van der Waals surface area (Å²) < 4.78 is 0. The first kappa shape index (κ1) is 23.9. The van der Waals surface area contributed by atoms with Crippen molar-refractivity contribution < 1.29 is 14.4 Å². The highest BCUT2D eigenvalue weighted by Gasteiger charge is 2.24. The highest BCUT2D eigenvalue weighted by Crippen LogP contribution is 2.05. The van der Waals surface area contributed by atoms with Crippen molar-refractivity contribution in [2.75, 3.05) is 6.54 Å². The monoisotopic (exact) mass is 404 g/mol. The van der Waals surface area contributed by atoms with Gasteiger partial charge in [-0.25, -0.2) is 0 Å².